The van der Waals surface area contributed by atoms with Crippen LogP contribution in [0.2, 0.25) is 0 Å². The van der Waals surface area contributed by atoms with Crippen molar-refractivity contribution in [2.24, 2.45) is 5.73 Å². The number of aromatic nitrogens is 1. The lowest BCUT2D eigenvalue weighted by Gasteiger charge is -2.40. The van der Waals surface area contributed by atoms with Crippen LogP contribution >= 0.6 is 0 Å². The molecule has 0 bridgehead atoms. The van der Waals surface area contributed by atoms with Crippen molar-refractivity contribution in [3.8, 4) is 5.75 Å². The van der Waals surface area contributed by atoms with E-state index in [1.54, 1.807) is 29.7 Å². The number of nitrogens with one attached hydrogen (secondary N) is 3. The lowest BCUT2D eigenvalue weighted by molar-refractivity contribution is -0.131. The number of carboxylic acid groups (broad SMARTS) is 1. The molecule has 218 valence electrons. The molecule has 1 heterocycles. The van der Waals surface area contributed by atoms with E-state index in [0.29, 0.717) is 43.6 Å². The molecule has 4 rings (SSSR count). The quantitative estimate of drug-likeness (QED) is 0.177. The molecule has 1 fully saturated rings. The zero-order chi connectivity index (χ0) is 30.0. The van der Waals surface area contributed by atoms with Crippen molar-refractivity contribution < 1.29 is 34.2 Å². The predicted octanol–water partition coefficient (Wildman–Crippen LogP) is 3.19. The van der Waals surface area contributed by atoms with Gasteiger partial charge in [0.25, 0.3) is 5.91 Å². The van der Waals surface area contributed by atoms with Gasteiger partial charge in [-0.05, 0) is 69.0 Å². The van der Waals surface area contributed by atoms with Gasteiger partial charge in [-0.25, -0.2) is 10.3 Å². The molecule has 0 aliphatic heterocycles. The second-order valence-corrected chi connectivity index (χ2v) is 10.0. The summed E-state index contributed by atoms with van der Waals surface area (Å²) in [6, 6.07) is 16.8. The van der Waals surface area contributed by atoms with Crippen LogP contribution in [0.4, 0.5) is 4.79 Å². The predicted molar refractivity (Wildman–Crippen MR) is 150 cm³/mol. The Kier molecular flexibility index (Phi) is 10.6. The van der Waals surface area contributed by atoms with Gasteiger partial charge in [-0.15, -0.1) is 0 Å². The topological polar surface area (TPSA) is 193 Å². The van der Waals surface area contributed by atoms with Gasteiger partial charge in [0.05, 0.1) is 11.9 Å². The highest BCUT2D eigenvalue weighted by molar-refractivity contribution is 5.95. The van der Waals surface area contributed by atoms with Crippen LogP contribution in [0.25, 0.3) is 10.9 Å². The van der Waals surface area contributed by atoms with E-state index in [4.69, 9.17) is 19.8 Å². The van der Waals surface area contributed by atoms with Crippen LogP contribution in [0, 0.1) is 6.92 Å². The number of benzene rings is 2. The van der Waals surface area contributed by atoms with Gasteiger partial charge in [0.15, 0.2) is 0 Å². The molecule has 12 heteroatoms. The molecule has 4 amide bonds. The van der Waals surface area contributed by atoms with Gasteiger partial charge < -0.3 is 26.2 Å². The van der Waals surface area contributed by atoms with Gasteiger partial charge in [-0.1, -0.05) is 18.2 Å². The lowest BCUT2D eigenvalue weighted by Crippen LogP contribution is -2.55. The van der Waals surface area contributed by atoms with Crippen molar-refractivity contribution in [3.05, 3.63) is 71.4 Å². The third-order valence-electron chi connectivity index (χ3n) is 6.79. The molecule has 3 aromatic rings. The molecule has 1 aliphatic rings. The largest absolute Gasteiger partial charge is 0.489 e. The van der Waals surface area contributed by atoms with Crippen molar-refractivity contribution in [1.82, 2.24) is 21.1 Å². The smallest absolute Gasteiger partial charge is 0.402 e. The molecular formula is C29H35N5O7. The average molecular weight is 566 g/mol. The Morgan fingerprint density at radius 3 is 2.32 bits per heavy atom. The summed E-state index contributed by atoms with van der Waals surface area (Å²) in [4.78, 5) is 49.8. The summed E-state index contributed by atoms with van der Waals surface area (Å²) in [6.45, 7) is 3.79. The number of aryl methyl sites for hydroxylation is 1. The zero-order valence-electron chi connectivity index (χ0n) is 23.0. The van der Waals surface area contributed by atoms with E-state index in [1.807, 2.05) is 37.3 Å². The van der Waals surface area contributed by atoms with E-state index >= 15 is 0 Å². The fourth-order valence-corrected chi connectivity index (χ4v) is 4.99. The highest BCUT2D eigenvalue weighted by Crippen LogP contribution is 2.32. The minimum Gasteiger partial charge on any atom is -0.489 e. The number of rotatable bonds is 8. The number of pyridine rings is 1. The summed E-state index contributed by atoms with van der Waals surface area (Å²) in [6.07, 6.45) is 0.848. The van der Waals surface area contributed by atoms with Crippen LogP contribution in [0.3, 0.4) is 0 Å². The van der Waals surface area contributed by atoms with Crippen molar-refractivity contribution in [3.63, 3.8) is 0 Å². The monoisotopic (exact) mass is 565 g/mol. The van der Waals surface area contributed by atoms with Crippen molar-refractivity contribution in [1.29, 1.82) is 0 Å². The van der Waals surface area contributed by atoms with E-state index in [2.05, 4.69) is 21.4 Å². The van der Waals surface area contributed by atoms with Crippen LogP contribution in [0.15, 0.2) is 54.6 Å². The van der Waals surface area contributed by atoms with E-state index in [-0.39, 0.29) is 24.3 Å². The molecule has 1 aromatic heterocycles. The maximum atomic E-state index is 13.1. The fraction of sp³-hybridized carbons (Fsp3) is 0.345. The summed E-state index contributed by atoms with van der Waals surface area (Å²) in [7, 11) is 0. The summed E-state index contributed by atoms with van der Waals surface area (Å²) in [5.41, 5.74) is 8.18. The van der Waals surface area contributed by atoms with E-state index in [0.717, 1.165) is 22.2 Å². The first-order valence-corrected chi connectivity index (χ1v) is 13.1. The molecule has 2 aromatic carbocycles. The van der Waals surface area contributed by atoms with E-state index < -0.39 is 17.5 Å². The average Bonchev–Trinajstić information content (AvgIpc) is 2.92. The highest BCUT2D eigenvalue weighted by Gasteiger charge is 2.39. The van der Waals surface area contributed by atoms with E-state index in [1.165, 1.54) is 6.92 Å². The third-order valence-corrected chi connectivity index (χ3v) is 6.79. The second kappa shape index (κ2) is 14.1. The van der Waals surface area contributed by atoms with Crippen LogP contribution in [-0.4, -0.2) is 50.7 Å². The van der Waals surface area contributed by atoms with Gasteiger partial charge in [-0.3, -0.25) is 24.6 Å². The first-order valence-electron chi connectivity index (χ1n) is 13.1. The molecule has 0 unspecified atom stereocenters. The maximum Gasteiger partial charge on any atom is 0.402 e. The Balaban J connectivity index is 0.00000108. The summed E-state index contributed by atoms with van der Waals surface area (Å²) in [5, 5.41) is 23.2. The number of ether oxygens (including phenoxy) is 1. The molecule has 0 spiro atoms. The van der Waals surface area contributed by atoms with E-state index in [9.17, 15) is 14.4 Å². The Bertz CT molecular complexity index is 1380. The van der Waals surface area contributed by atoms with Crippen molar-refractivity contribution >= 4 is 34.7 Å². The zero-order valence-corrected chi connectivity index (χ0v) is 23.0. The first kappa shape index (κ1) is 30.8. The van der Waals surface area contributed by atoms with Gasteiger partial charge >= 0.3 is 6.09 Å². The third kappa shape index (κ3) is 9.17. The SMILES string of the molecule is CC(=O)NC1CCC(CC(=O)NO)(NC(=O)c2ccc(OCc3cc(C)nc4ccccc34)cc2)CC1.NC(=O)O. The minimum absolute atomic E-state index is 0.00236. The van der Waals surface area contributed by atoms with Crippen LogP contribution in [0.1, 0.15) is 60.6 Å². The van der Waals surface area contributed by atoms with Crippen molar-refractivity contribution in [2.75, 3.05) is 0 Å². The molecule has 1 saturated carbocycles. The van der Waals surface area contributed by atoms with Crippen molar-refractivity contribution in [2.45, 2.75) is 64.1 Å². The number of para-hydroxylation sites is 1. The van der Waals surface area contributed by atoms with Crippen LogP contribution < -0.4 is 26.6 Å². The maximum absolute atomic E-state index is 13.1. The number of nitrogens with zero attached hydrogens (tertiary/aromatic N) is 1. The Labute approximate surface area is 237 Å². The summed E-state index contributed by atoms with van der Waals surface area (Å²) >= 11 is 0. The van der Waals surface area contributed by atoms with Gasteiger partial charge in [-0.2, -0.15) is 0 Å². The fourth-order valence-electron chi connectivity index (χ4n) is 4.99. The van der Waals surface area contributed by atoms with Crippen LogP contribution in [0.5, 0.6) is 5.75 Å². The number of hydrogen-bond donors (Lipinski definition) is 6. The highest BCUT2D eigenvalue weighted by atomic mass is 16.5. The number of nitrogens with two attached hydrogens (primary N) is 1. The summed E-state index contributed by atoms with van der Waals surface area (Å²) in [5.74, 6) is -0.364. The Hall–Kier alpha value is -4.71. The molecule has 0 atom stereocenters. The van der Waals surface area contributed by atoms with Crippen LogP contribution in [-0.2, 0) is 16.2 Å². The van der Waals surface area contributed by atoms with Gasteiger partial charge in [0, 0.05) is 40.7 Å². The molecule has 1 aliphatic carbocycles. The molecule has 41 heavy (non-hydrogen) atoms. The number of hydroxylamine groups is 1. The molecule has 0 radical (unpaired) electrons. The number of fused-ring (bicyclic) bond motifs is 1. The number of primary amides is 1. The standard InChI is InChI=1S/C28H32N4O5.CH3NO2/c1-18-15-21(24-5-3-4-6-25(24)29-18)17-37-23-9-7-20(8-10-23)27(35)31-28(16-26(34)32-36)13-11-22(12-14-28)30-19(2)33;2-1(3)4/h3-10,15,22,36H,11-14,16-17H2,1-2H3,(H,30,33)(H,31,35)(H,32,34);2H2,(H,3,4). The normalized spacial score (nSPS) is 17.9. The number of carbonyl (C=O) groups excluding carboxylic acids is 3. The molecule has 0 saturated heterocycles. The second-order valence-electron chi connectivity index (χ2n) is 10.0. The number of carbonyl (C=O) groups is 4. The molecular weight excluding hydrogens is 530 g/mol. The molecule has 12 nitrogen and oxygen atoms in total. The van der Waals surface area contributed by atoms with Gasteiger partial charge in [0.2, 0.25) is 11.8 Å². The summed E-state index contributed by atoms with van der Waals surface area (Å²) < 4.78 is 6.00. The molecule has 7 N–H and O–H groups in total. The number of hydrogen-bond acceptors (Lipinski definition) is 7. The Morgan fingerprint density at radius 1 is 1.07 bits per heavy atom. The lowest BCUT2D eigenvalue weighted by atomic mass is 9.76. The Morgan fingerprint density at radius 2 is 1.71 bits per heavy atom. The minimum atomic E-state index is -1.33. The number of amides is 4. The first-order chi connectivity index (χ1) is 19.5. The van der Waals surface area contributed by atoms with Gasteiger partial charge in [0.1, 0.15) is 12.4 Å².